The molecule has 2 aromatic carbocycles. The van der Waals surface area contributed by atoms with Gasteiger partial charge in [0.1, 0.15) is 11.6 Å². The molecular formula is C17H10Cl2FNO2. The standard InChI is InChI=1S/C17H10Cl2FNO2/c18-11-3-1-2-10(8-11)15-6-7-16(23-15)17(22)21-12-4-5-14(20)13(19)9-12/h1-9H,(H,21,22). The third-order valence-corrected chi connectivity index (χ3v) is 3.64. The molecule has 0 bridgehead atoms. The van der Waals surface area contributed by atoms with E-state index in [1.807, 2.05) is 6.07 Å². The molecule has 0 aliphatic rings. The van der Waals surface area contributed by atoms with Gasteiger partial charge >= 0.3 is 0 Å². The summed E-state index contributed by atoms with van der Waals surface area (Å²) in [6.45, 7) is 0. The Labute approximate surface area is 141 Å². The zero-order chi connectivity index (χ0) is 16.4. The number of hydrogen-bond acceptors (Lipinski definition) is 2. The molecule has 1 amide bonds. The van der Waals surface area contributed by atoms with Crippen LogP contribution in [0.4, 0.5) is 10.1 Å². The maximum absolute atomic E-state index is 13.1. The van der Waals surface area contributed by atoms with Crippen molar-refractivity contribution in [2.24, 2.45) is 0 Å². The first-order chi connectivity index (χ1) is 11.0. The number of carbonyl (C=O) groups is 1. The number of anilines is 1. The maximum atomic E-state index is 13.1. The number of rotatable bonds is 3. The van der Waals surface area contributed by atoms with E-state index in [2.05, 4.69) is 5.32 Å². The fraction of sp³-hybridized carbons (Fsp3) is 0. The molecular weight excluding hydrogens is 340 g/mol. The van der Waals surface area contributed by atoms with Gasteiger partial charge in [0.05, 0.1) is 5.02 Å². The Hall–Kier alpha value is -2.30. The van der Waals surface area contributed by atoms with E-state index in [4.69, 9.17) is 27.6 Å². The molecule has 3 rings (SSSR count). The lowest BCUT2D eigenvalue weighted by atomic mass is 10.2. The molecule has 1 heterocycles. The smallest absolute Gasteiger partial charge is 0.291 e. The van der Waals surface area contributed by atoms with Gasteiger partial charge in [-0.05, 0) is 42.5 Å². The number of benzene rings is 2. The predicted molar refractivity (Wildman–Crippen MR) is 88.5 cm³/mol. The lowest BCUT2D eigenvalue weighted by molar-refractivity contribution is 0.0997. The minimum absolute atomic E-state index is 0.0677. The van der Waals surface area contributed by atoms with E-state index >= 15 is 0 Å². The van der Waals surface area contributed by atoms with Crippen LogP contribution < -0.4 is 5.32 Å². The van der Waals surface area contributed by atoms with Gasteiger partial charge in [0.15, 0.2) is 5.76 Å². The van der Waals surface area contributed by atoms with E-state index in [0.29, 0.717) is 16.5 Å². The first-order valence-corrected chi connectivity index (χ1v) is 7.41. The topological polar surface area (TPSA) is 42.2 Å². The number of nitrogens with one attached hydrogen (secondary N) is 1. The SMILES string of the molecule is O=C(Nc1ccc(F)c(Cl)c1)c1ccc(-c2cccc(Cl)c2)o1. The summed E-state index contributed by atoms with van der Waals surface area (Å²) in [4.78, 5) is 12.2. The summed E-state index contributed by atoms with van der Waals surface area (Å²) in [6.07, 6.45) is 0. The van der Waals surface area contributed by atoms with Gasteiger partial charge in [-0.3, -0.25) is 4.79 Å². The highest BCUT2D eigenvalue weighted by atomic mass is 35.5. The van der Waals surface area contributed by atoms with E-state index in [9.17, 15) is 9.18 Å². The Bertz CT molecular complexity index is 877. The third kappa shape index (κ3) is 3.55. The summed E-state index contributed by atoms with van der Waals surface area (Å²) in [6, 6.07) is 14.3. The Morgan fingerprint density at radius 1 is 1.04 bits per heavy atom. The van der Waals surface area contributed by atoms with Crippen molar-refractivity contribution in [1.82, 2.24) is 0 Å². The van der Waals surface area contributed by atoms with Gasteiger partial charge in [0, 0.05) is 16.3 Å². The lowest BCUT2D eigenvalue weighted by Crippen LogP contribution is -2.10. The summed E-state index contributed by atoms with van der Waals surface area (Å²) >= 11 is 11.6. The second-order valence-corrected chi connectivity index (χ2v) is 5.60. The van der Waals surface area contributed by atoms with Crippen LogP contribution in [-0.4, -0.2) is 5.91 Å². The Balaban J connectivity index is 1.79. The van der Waals surface area contributed by atoms with Crippen LogP contribution in [0, 0.1) is 5.82 Å². The lowest BCUT2D eigenvalue weighted by Gasteiger charge is -2.04. The van der Waals surface area contributed by atoms with E-state index in [0.717, 1.165) is 5.56 Å². The van der Waals surface area contributed by atoms with Crippen molar-refractivity contribution >= 4 is 34.8 Å². The van der Waals surface area contributed by atoms with Crippen LogP contribution in [-0.2, 0) is 0 Å². The highest BCUT2D eigenvalue weighted by Gasteiger charge is 2.13. The molecule has 1 N–H and O–H groups in total. The Morgan fingerprint density at radius 2 is 1.87 bits per heavy atom. The maximum Gasteiger partial charge on any atom is 0.291 e. The molecule has 0 saturated carbocycles. The fourth-order valence-corrected chi connectivity index (χ4v) is 2.39. The average Bonchev–Trinajstić information content (AvgIpc) is 3.01. The summed E-state index contributed by atoms with van der Waals surface area (Å²) in [7, 11) is 0. The number of furan rings is 1. The van der Waals surface area contributed by atoms with Crippen LogP contribution in [0.3, 0.4) is 0 Å². The zero-order valence-corrected chi connectivity index (χ0v) is 13.2. The Kier molecular flexibility index (Phi) is 4.37. The number of carbonyl (C=O) groups excluding carboxylic acids is 1. The van der Waals surface area contributed by atoms with Gasteiger partial charge < -0.3 is 9.73 Å². The largest absolute Gasteiger partial charge is 0.451 e. The molecule has 3 aromatic rings. The average molecular weight is 350 g/mol. The van der Waals surface area contributed by atoms with E-state index < -0.39 is 11.7 Å². The van der Waals surface area contributed by atoms with Crippen molar-refractivity contribution in [3.8, 4) is 11.3 Å². The van der Waals surface area contributed by atoms with Crippen LogP contribution >= 0.6 is 23.2 Å². The number of hydrogen-bond donors (Lipinski definition) is 1. The summed E-state index contributed by atoms with van der Waals surface area (Å²) in [5.74, 6) is -0.359. The van der Waals surface area contributed by atoms with Crippen molar-refractivity contribution in [3.63, 3.8) is 0 Å². The van der Waals surface area contributed by atoms with E-state index in [-0.39, 0.29) is 10.8 Å². The van der Waals surface area contributed by atoms with Crippen LogP contribution in [0.15, 0.2) is 59.0 Å². The first kappa shape index (κ1) is 15.6. The van der Waals surface area contributed by atoms with Crippen molar-refractivity contribution in [2.75, 3.05) is 5.32 Å². The predicted octanol–water partition coefficient (Wildman–Crippen LogP) is 5.64. The number of halogens is 3. The quantitative estimate of drug-likeness (QED) is 0.664. The minimum Gasteiger partial charge on any atom is -0.451 e. The van der Waals surface area contributed by atoms with Crippen molar-refractivity contribution < 1.29 is 13.6 Å². The summed E-state index contributed by atoms with van der Waals surface area (Å²) in [5, 5.41) is 3.10. The zero-order valence-electron chi connectivity index (χ0n) is 11.6. The highest BCUT2D eigenvalue weighted by Crippen LogP contribution is 2.25. The molecule has 0 aliphatic heterocycles. The van der Waals surface area contributed by atoms with Gasteiger partial charge in [0.2, 0.25) is 0 Å². The van der Waals surface area contributed by atoms with Crippen LogP contribution in [0.1, 0.15) is 10.6 Å². The molecule has 0 spiro atoms. The molecule has 6 heteroatoms. The van der Waals surface area contributed by atoms with Crippen LogP contribution in [0.2, 0.25) is 10.0 Å². The highest BCUT2D eigenvalue weighted by molar-refractivity contribution is 6.31. The van der Waals surface area contributed by atoms with Gasteiger partial charge in [0.25, 0.3) is 5.91 Å². The molecule has 0 aliphatic carbocycles. The number of amides is 1. The van der Waals surface area contributed by atoms with E-state index in [1.54, 1.807) is 30.3 Å². The summed E-state index contributed by atoms with van der Waals surface area (Å²) < 4.78 is 18.6. The Morgan fingerprint density at radius 3 is 2.61 bits per heavy atom. The molecule has 0 fully saturated rings. The second-order valence-electron chi connectivity index (χ2n) is 4.76. The molecule has 0 atom stereocenters. The molecule has 3 nitrogen and oxygen atoms in total. The van der Waals surface area contributed by atoms with Crippen molar-refractivity contribution in [1.29, 1.82) is 0 Å². The van der Waals surface area contributed by atoms with Gasteiger partial charge in [-0.15, -0.1) is 0 Å². The first-order valence-electron chi connectivity index (χ1n) is 6.65. The second kappa shape index (κ2) is 6.44. The molecule has 0 radical (unpaired) electrons. The molecule has 0 saturated heterocycles. The molecule has 23 heavy (non-hydrogen) atoms. The normalized spacial score (nSPS) is 10.6. The van der Waals surface area contributed by atoms with Gasteiger partial charge in [-0.1, -0.05) is 35.3 Å². The van der Waals surface area contributed by atoms with Gasteiger partial charge in [-0.2, -0.15) is 0 Å². The van der Waals surface area contributed by atoms with Crippen molar-refractivity contribution in [2.45, 2.75) is 0 Å². The van der Waals surface area contributed by atoms with Gasteiger partial charge in [-0.25, -0.2) is 4.39 Å². The van der Waals surface area contributed by atoms with E-state index in [1.165, 1.54) is 18.2 Å². The van der Waals surface area contributed by atoms with Crippen LogP contribution in [0.25, 0.3) is 11.3 Å². The molecule has 116 valence electrons. The molecule has 1 aromatic heterocycles. The summed E-state index contributed by atoms with van der Waals surface area (Å²) in [5.41, 5.74) is 1.14. The van der Waals surface area contributed by atoms with Crippen LogP contribution in [0.5, 0.6) is 0 Å². The minimum atomic E-state index is -0.550. The monoisotopic (exact) mass is 349 g/mol. The fourth-order valence-electron chi connectivity index (χ4n) is 2.02. The third-order valence-electron chi connectivity index (χ3n) is 3.12. The van der Waals surface area contributed by atoms with Crippen molar-refractivity contribution in [3.05, 3.63) is 76.2 Å². The molecule has 0 unspecified atom stereocenters.